The lowest BCUT2D eigenvalue weighted by Crippen LogP contribution is -2.10. The van der Waals surface area contributed by atoms with Crippen LogP contribution < -0.4 is 10.5 Å². The first-order chi connectivity index (χ1) is 10.9. The molecule has 2 rings (SSSR count). The molecule has 0 spiro atoms. The Bertz CT molecular complexity index is 779. The molecule has 0 atom stereocenters. The molecule has 1 heterocycles. The van der Waals surface area contributed by atoms with Crippen molar-refractivity contribution in [2.75, 3.05) is 19.1 Å². The lowest BCUT2D eigenvalue weighted by atomic mass is 10.1. The van der Waals surface area contributed by atoms with Crippen LogP contribution in [0.3, 0.4) is 0 Å². The molecule has 0 unspecified atom stereocenters. The number of nitrogens with zero attached hydrogens (tertiary/aromatic N) is 2. The summed E-state index contributed by atoms with van der Waals surface area (Å²) in [5, 5.41) is 0.106. The highest BCUT2D eigenvalue weighted by Crippen LogP contribution is 2.35. The van der Waals surface area contributed by atoms with Crippen molar-refractivity contribution in [1.82, 2.24) is 9.97 Å². The van der Waals surface area contributed by atoms with E-state index in [1.807, 2.05) is 0 Å². The zero-order chi connectivity index (χ0) is 17.1. The molecule has 1 aromatic heterocycles. The number of hydrogen-bond donors (Lipinski definition) is 1. The number of carbonyl (C=O) groups is 1. The molecule has 0 aliphatic heterocycles. The van der Waals surface area contributed by atoms with E-state index in [1.54, 1.807) is 6.26 Å². The zero-order valence-electron chi connectivity index (χ0n) is 11.9. The van der Waals surface area contributed by atoms with Crippen LogP contribution in [-0.4, -0.2) is 29.3 Å². The van der Waals surface area contributed by atoms with Crippen LogP contribution in [0.1, 0.15) is 10.5 Å². The Balaban J connectivity index is 2.70. The fourth-order valence-corrected chi connectivity index (χ4v) is 2.87. The van der Waals surface area contributed by atoms with Gasteiger partial charge < -0.3 is 13.5 Å². The highest BCUT2D eigenvalue weighted by molar-refractivity contribution is 14.1. The predicted octanol–water partition coefficient (Wildman–Crippen LogP) is 3.76. The molecule has 6 nitrogen and oxygen atoms in total. The lowest BCUT2D eigenvalue weighted by Gasteiger charge is -2.11. The van der Waals surface area contributed by atoms with Crippen molar-refractivity contribution in [3.05, 3.63) is 28.7 Å². The van der Waals surface area contributed by atoms with E-state index in [0.717, 1.165) is 0 Å². The first-order valence-corrected chi connectivity index (χ1v) is 8.49. The number of thioether (sulfide) groups is 1. The number of rotatable bonds is 4. The minimum absolute atomic E-state index is 0.00751. The molecule has 2 aromatic rings. The summed E-state index contributed by atoms with van der Waals surface area (Å²) >= 11 is 8.49. The van der Waals surface area contributed by atoms with Gasteiger partial charge in [-0.05, 0) is 18.4 Å². The van der Waals surface area contributed by atoms with Gasteiger partial charge in [-0.1, -0.05) is 11.6 Å². The van der Waals surface area contributed by atoms with Crippen molar-refractivity contribution in [1.29, 1.82) is 0 Å². The van der Waals surface area contributed by atoms with Gasteiger partial charge >= 0.3 is 5.97 Å². The Morgan fingerprint density at radius 1 is 1.43 bits per heavy atom. The minimum atomic E-state index is -0.745. The summed E-state index contributed by atoms with van der Waals surface area (Å²) in [6.45, 7) is 0. The molecule has 10 heteroatoms. The molecule has 0 saturated heterocycles. The summed E-state index contributed by atoms with van der Waals surface area (Å²) in [7, 11) is 1.29. The van der Waals surface area contributed by atoms with E-state index in [9.17, 15) is 9.18 Å². The largest absolute Gasteiger partial charge is 0.492 e. The second-order valence-electron chi connectivity index (χ2n) is 4.12. The van der Waals surface area contributed by atoms with E-state index in [2.05, 4.69) is 13.0 Å². The third kappa shape index (κ3) is 3.45. The third-order valence-electron chi connectivity index (χ3n) is 2.85. The SMILES string of the molecule is COc1c(Cl)ccc(-c2nc(N)c(SC)c(C(=O)OI)n2)c1F. The van der Waals surface area contributed by atoms with E-state index in [4.69, 9.17) is 22.1 Å². The van der Waals surface area contributed by atoms with Gasteiger partial charge in [0, 0.05) is 0 Å². The first kappa shape index (κ1) is 18.0. The molecule has 0 radical (unpaired) electrons. The van der Waals surface area contributed by atoms with Crippen LogP contribution in [0, 0.1) is 5.82 Å². The number of nitrogen functional groups attached to an aromatic ring is 1. The number of methoxy groups -OCH3 is 1. The van der Waals surface area contributed by atoms with Gasteiger partial charge in [0.2, 0.25) is 0 Å². The van der Waals surface area contributed by atoms with Crippen LogP contribution in [0.5, 0.6) is 5.75 Å². The standard InChI is InChI=1S/C13H10ClFIN3O3S/c1-21-9-6(14)4-3-5(7(9)15)12-18-8(13(20)22-16)10(23-2)11(17)19-12/h3-4H,1-2H3,(H2,17,18,19). The summed E-state index contributed by atoms with van der Waals surface area (Å²) in [5.74, 6) is -1.60. The Labute approximate surface area is 154 Å². The second kappa shape index (κ2) is 7.49. The summed E-state index contributed by atoms with van der Waals surface area (Å²) in [6.07, 6.45) is 1.71. The fraction of sp³-hybridized carbons (Fsp3) is 0.154. The number of ether oxygens (including phenoxy) is 1. The van der Waals surface area contributed by atoms with E-state index >= 15 is 0 Å². The van der Waals surface area contributed by atoms with Crippen molar-refractivity contribution in [2.24, 2.45) is 0 Å². The maximum atomic E-state index is 14.5. The minimum Gasteiger partial charge on any atom is -0.492 e. The molecular formula is C13H10ClFIN3O3S. The summed E-state index contributed by atoms with van der Waals surface area (Å²) in [5.41, 5.74) is 5.82. The van der Waals surface area contributed by atoms with Gasteiger partial charge in [0.05, 0.1) is 22.6 Å². The number of hydrogen-bond acceptors (Lipinski definition) is 7. The number of carbonyl (C=O) groups excluding carboxylic acids is 1. The smallest absolute Gasteiger partial charge is 0.367 e. The van der Waals surface area contributed by atoms with E-state index in [-0.39, 0.29) is 33.7 Å². The Kier molecular flexibility index (Phi) is 5.87. The van der Waals surface area contributed by atoms with Crippen LogP contribution in [0.15, 0.2) is 17.0 Å². The number of nitrogens with two attached hydrogens (primary N) is 1. The van der Waals surface area contributed by atoms with Crippen molar-refractivity contribution >= 4 is 58.2 Å². The van der Waals surface area contributed by atoms with Crippen LogP contribution in [0.4, 0.5) is 10.2 Å². The Morgan fingerprint density at radius 2 is 2.13 bits per heavy atom. The topological polar surface area (TPSA) is 87.3 Å². The monoisotopic (exact) mass is 469 g/mol. The van der Waals surface area contributed by atoms with Gasteiger partial charge in [-0.25, -0.2) is 19.2 Å². The molecule has 0 fully saturated rings. The molecule has 0 amide bonds. The normalized spacial score (nSPS) is 10.5. The third-order valence-corrected chi connectivity index (χ3v) is 4.36. The molecule has 0 aliphatic rings. The van der Waals surface area contributed by atoms with Crippen molar-refractivity contribution < 1.29 is 17.0 Å². The summed E-state index contributed by atoms with van der Waals surface area (Å²) < 4.78 is 24.1. The molecule has 0 saturated carbocycles. The number of benzene rings is 1. The van der Waals surface area contributed by atoms with Crippen LogP contribution in [0.25, 0.3) is 11.4 Å². The highest BCUT2D eigenvalue weighted by atomic mass is 127. The van der Waals surface area contributed by atoms with Crippen molar-refractivity contribution in [3.63, 3.8) is 0 Å². The molecule has 23 heavy (non-hydrogen) atoms. The molecule has 0 aliphatic carbocycles. The summed E-state index contributed by atoms with van der Waals surface area (Å²) in [6, 6.07) is 2.82. The van der Waals surface area contributed by atoms with Gasteiger partial charge in [0.1, 0.15) is 5.82 Å². The second-order valence-corrected chi connectivity index (χ2v) is 5.79. The van der Waals surface area contributed by atoms with Gasteiger partial charge in [-0.3, -0.25) is 0 Å². The number of anilines is 1. The number of halogens is 3. The fourth-order valence-electron chi connectivity index (χ4n) is 1.86. The molecule has 1 aromatic carbocycles. The van der Waals surface area contributed by atoms with Crippen LogP contribution in [-0.2, 0) is 3.07 Å². The van der Waals surface area contributed by atoms with Crippen molar-refractivity contribution in [2.45, 2.75) is 4.90 Å². The van der Waals surface area contributed by atoms with Gasteiger partial charge in [-0.15, -0.1) is 11.8 Å². The van der Waals surface area contributed by atoms with Gasteiger partial charge in [0.25, 0.3) is 0 Å². The van der Waals surface area contributed by atoms with E-state index in [1.165, 1.54) is 54.0 Å². The lowest BCUT2D eigenvalue weighted by molar-refractivity contribution is 0.0790. The van der Waals surface area contributed by atoms with Gasteiger partial charge in [0.15, 0.2) is 46.1 Å². The average molecular weight is 470 g/mol. The maximum absolute atomic E-state index is 14.5. The Hall–Kier alpha value is -1.33. The van der Waals surface area contributed by atoms with E-state index < -0.39 is 11.8 Å². The van der Waals surface area contributed by atoms with Crippen LogP contribution >= 0.6 is 46.4 Å². The number of aromatic nitrogens is 2. The zero-order valence-corrected chi connectivity index (χ0v) is 15.6. The first-order valence-electron chi connectivity index (χ1n) is 6.01. The average Bonchev–Trinajstić information content (AvgIpc) is 2.53. The molecule has 122 valence electrons. The molecule has 0 bridgehead atoms. The van der Waals surface area contributed by atoms with Crippen LogP contribution in [0.2, 0.25) is 5.02 Å². The quantitative estimate of drug-likeness (QED) is 0.539. The van der Waals surface area contributed by atoms with Crippen molar-refractivity contribution in [3.8, 4) is 17.1 Å². The molecular weight excluding hydrogens is 460 g/mol. The Morgan fingerprint density at radius 3 is 2.70 bits per heavy atom. The molecule has 2 N–H and O–H groups in total. The van der Waals surface area contributed by atoms with E-state index in [0.29, 0.717) is 4.90 Å². The predicted molar refractivity (Wildman–Crippen MR) is 94.6 cm³/mol. The van der Waals surface area contributed by atoms with Gasteiger partial charge in [-0.2, -0.15) is 0 Å². The summed E-state index contributed by atoms with van der Waals surface area (Å²) in [4.78, 5) is 20.4. The highest BCUT2D eigenvalue weighted by Gasteiger charge is 2.23. The maximum Gasteiger partial charge on any atom is 0.367 e.